The van der Waals surface area contributed by atoms with Gasteiger partial charge >= 0.3 is 0 Å². The Labute approximate surface area is 222 Å². The van der Waals surface area contributed by atoms with Crippen molar-refractivity contribution in [2.45, 2.75) is 45.2 Å². The van der Waals surface area contributed by atoms with Crippen LogP contribution in [0.2, 0.25) is 15.1 Å². The molecule has 0 saturated heterocycles. The maximum atomic E-state index is 13.7. The van der Waals surface area contributed by atoms with Gasteiger partial charge in [-0.05, 0) is 41.3 Å². The highest BCUT2D eigenvalue weighted by Gasteiger charge is 2.30. The van der Waals surface area contributed by atoms with Gasteiger partial charge in [-0.15, -0.1) is 0 Å². The van der Waals surface area contributed by atoms with Crippen molar-refractivity contribution in [1.29, 1.82) is 0 Å². The highest BCUT2D eigenvalue weighted by Crippen LogP contribution is 2.25. The molecule has 0 aliphatic heterocycles. The zero-order chi connectivity index (χ0) is 25.2. The van der Waals surface area contributed by atoms with Crippen molar-refractivity contribution < 1.29 is 9.59 Å². The van der Waals surface area contributed by atoms with E-state index < -0.39 is 6.04 Å². The van der Waals surface area contributed by atoms with Crippen molar-refractivity contribution >= 4 is 46.6 Å². The Morgan fingerprint density at radius 1 is 0.857 bits per heavy atom. The van der Waals surface area contributed by atoms with E-state index in [9.17, 15) is 9.59 Å². The molecule has 3 aromatic carbocycles. The molecule has 0 saturated carbocycles. The third kappa shape index (κ3) is 7.99. The van der Waals surface area contributed by atoms with Gasteiger partial charge in [0, 0.05) is 24.5 Å². The molecule has 4 nitrogen and oxygen atoms in total. The van der Waals surface area contributed by atoms with Gasteiger partial charge in [-0.1, -0.05) is 103 Å². The monoisotopic (exact) mass is 530 g/mol. The molecule has 0 aliphatic carbocycles. The maximum absolute atomic E-state index is 13.7. The van der Waals surface area contributed by atoms with Crippen LogP contribution in [-0.4, -0.2) is 29.3 Å². The first-order chi connectivity index (χ1) is 16.9. The molecule has 35 heavy (non-hydrogen) atoms. The van der Waals surface area contributed by atoms with Crippen LogP contribution in [0.15, 0.2) is 72.8 Å². The smallest absolute Gasteiger partial charge is 0.243 e. The Hall–Kier alpha value is -2.53. The molecule has 2 amide bonds. The standard InChI is InChI=1S/C28H29Cl3N2O2/c1-2-3-15-32-28(35)26(17-20-9-5-4-6-10-20)33(19-21-13-14-24(30)25(31)16-21)27(34)18-22-11-7-8-12-23(22)29/h4-14,16,26H,2-3,15,17-19H2,1H3,(H,32,35). The number of hydrogen-bond acceptors (Lipinski definition) is 2. The third-order valence-corrected chi connectivity index (χ3v) is 6.84. The summed E-state index contributed by atoms with van der Waals surface area (Å²) < 4.78 is 0. The van der Waals surface area contributed by atoms with E-state index in [1.165, 1.54) is 0 Å². The van der Waals surface area contributed by atoms with Crippen LogP contribution in [0.1, 0.15) is 36.5 Å². The first kappa shape index (κ1) is 27.1. The minimum atomic E-state index is -0.710. The van der Waals surface area contributed by atoms with E-state index in [4.69, 9.17) is 34.8 Å². The molecule has 0 fully saturated rings. The minimum absolute atomic E-state index is 0.0779. The lowest BCUT2D eigenvalue weighted by atomic mass is 10.0. The number of nitrogens with zero attached hydrogens (tertiary/aromatic N) is 1. The molecular weight excluding hydrogens is 503 g/mol. The fourth-order valence-corrected chi connectivity index (χ4v) is 4.32. The zero-order valence-electron chi connectivity index (χ0n) is 19.6. The van der Waals surface area contributed by atoms with Gasteiger partial charge in [-0.2, -0.15) is 0 Å². The molecule has 7 heteroatoms. The number of unbranched alkanes of at least 4 members (excludes halogenated alkanes) is 1. The minimum Gasteiger partial charge on any atom is -0.354 e. The summed E-state index contributed by atoms with van der Waals surface area (Å²) in [6, 6.07) is 21.5. The van der Waals surface area contributed by atoms with Gasteiger partial charge in [0.2, 0.25) is 11.8 Å². The summed E-state index contributed by atoms with van der Waals surface area (Å²) in [6.07, 6.45) is 2.29. The SMILES string of the molecule is CCCCNC(=O)C(Cc1ccccc1)N(Cc1ccc(Cl)c(Cl)c1)C(=O)Cc1ccccc1Cl. The number of benzene rings is 3. The van der Waals surface area contributed by atoms with Gasteiger partial charge in [0.15, 0.2) is 0 Å². The number of nitrogens with one attached hydrogen (secondary N) is 1. The van der Waals surface area contributed by atoms with Crippen molar-refractivity contribution in [3.05, 3.63) is 105 Å². The molecule has 184 valence electrons. The lowest BCUT2D eigenvalue weighted by molar-refractivity contribution is -0.140. The Balaban J connectivity index is 1.97. The Morgan fingerprint density at radius 3 is 2.26 bits per heavy atom. The van der Waals surface area contributed by atoms with Gasteiger partial charge in [-0.3, -0.25) is 9.59 Å². The molecule has 1 unspecified atom stereocenters. The third-order valence-electron chi connectivity index (χ3n) is 5.74. The molecule has 3 rings (SSSR count). The lowest BCUT2D eigenvalue weighted by Gasteiger charge is -2.32. The molecule has 1 atom stereocenters. The molecule has 3 aromatic rings. The fourth-order valence-electron chi connectivity index (χ4n) is 3.80. The number of halogens is 3. The van der Waals surface area contributed by atoms with E-state index >= 15 is 0 Å². The van der Waals surface area contributed by atoms with Gasteiger partial charge in [-0.25, -0.2) is 0 Å². The lowest BCUT2D eigenvalue weighted by Crippen LogP contribution is -2.51. The Kier molecular flexibility index (Phi) is 10.5. The first-order valence-corrected chi connectivity index (χ1v) is 12.8. The summed E-state index contributed by atoms with van der Waals surface area (Å²) in [6.45, 7) is 2.83. The summed E-state index contributed by atoms with van der Waals surface area (Å²) in [5.41, 5.74) is 2.46. The first-order valence-electron chi connectivity index (χ1n) is 11.7. The summed E-state index contributed by atoms with van der Waals surface area (Å²) in [7, 11) is 0. The van der Waals surface area contributed by atoms with Crippen molar-refractivity contribution in [2.75, 3.05) is 6.54 Å². The Morgan fingerprint density at radius 2 is 1.57 bits per heavy atom. The quantitative estimate of drug-likeness (QED) is 0.278. The van der Waals surface area contributed by atoms with Gasteiger partial charge < -0.3 is 10.2 Å². The summed E-state index contributed by atoms with van der Waals surface area (Å²) in [5, 5.41) is 4.36. The Bertz CT molecular complexity index is 1140. The average molecular weight is 532 g/mol. The average Bonchev–Trinajstić information content (AvgIpc) is 2.85. The van der Waals surface area contributed by atoms with Crippen LogP contribution >= 0.6 is 34.8 Å². The second-order valence-corrected chi connectivity index (χ2v) is 9.61. The molecule has 0 heterocycles. The topological polar surface area (TPSA) is 49.4 Å². The van der Waals surface area contributed by atoms with Crippen LogP contribution in [0.25, 0.3) is 0 Å². The number of rotatable bonds is 11. The van der Waals surface area contributed by atoms with Crippen molar-refractivity contribution in [3.8, 4) is 0 Å². The van der Waals surface area contributed by atoms with Gasteiger partial charge in [0.1, 0.15) is 6.04 Å². The zero-order valence-corrected chi connectivity index (χ0v) is 21.9. The fraction of sp³-hybridized carbons (Fsp3) is 0.286. The van der Waals surface area contributed by atoms with Crippen LogP contribution in [0, 0.1) is 0 Å². The maximum Gasteiger partial charge on any atom is 0.243 e. The molecule has 0 radical (unpaired) electrons. The van der Waals surface area contributed by atoms with Crippen LogP contribution in [0.4, 0.5) is 0 Å². The predicted octanol–water partition coefficient (Wildman–Crippen LogP) is 6.75. The second-order valence-electron chi connectivity index (χ2n) is 8.39. The highest BCUT2D eigenvalue weighted by molar-refractivity contribution is 6.42. The van der Waals surface area contributed by atoms with E-state index in [0.717, 1.165) is 24.0 Å². The van der Waals surface area contributed by atoms with E-state index in [1.54, 1.807) is 23.1 Å². The molecular formula is C28H29Cl3N2O2. The molecule has 0 spiro atoms. The number of carbonyl (C=O) groups excluding carboxylic acids is 2. The van der Waals surface area contributed by atoms with Crippen molar-refractivity contribution in [1.82, 2.24) is 10.2 Å². The van der Waals surface area contributed by atoms with Crippen LogP contribution < -0.4 is 5.32 Å². The molecule has 0 aliphatic rings. The number of carbonyl (C=O) groups is 2. The molecule has 1 N–H and O–H groups in total. The van der Waals surface area contributed by atoms with Crippen LogP contribution in [-0.2, 0) is 29.0 Å². The van der Waals surface area contributed by atoms with Gasteiger partial charge in [0.25, 0.3) is 0 Å². The summed E-state index contributed by atoms with van der Waals surface area (Å²) >= 11 is 18.7. The predicted molar refractivity (Wildman–Crippen MR) is 144 cm³/mol. The van der Waals surface area contributed by atoms with E-state index in [0.29, 0.717) is 33.6 Å². The van der Waals surface area contributed by atoms with E-state index in [1.807, 2.05) is 54.6 Å². The highest BCUT2D eigenvalue weighted by atomic mass is 35.5. The number of hydrogen-bond donors (Lipinski definition) is 1. The van der Waals surface area contributed by atoms with Crippen LogP contribution in [0.5, 0.6) is 0 Å². The molecule has 0 bridgehead atoms. The van der Waals surface area contributed by atoms with Crippen molar-refractivity contribution in [3.63, 3.8) is 0 Å². The second kappa shape index (κ2) is 13.5. The largest absolute Gasteiger partial charge is 0.354 e. The van der Waals surface area contributed by atoms with Gasteiger partial charge in [0.05, 0.1) is 16.5 Å². The number of amides is 2. The normalized spacial score (nSPS) is 11.7. The van der Waals surface area contributed by atoms with Crippen molar-refractivity contribution in [2.24, 2.45) is 0 Å². The molecule has 0 aromatic heterocycles. The van der Waals surface area contributed by atoms with E-state index in [-0.39, 0.29) is 24.8 Å². The summed E-state index contributed by atoms with van der Waals surface area (Å²) in [5.74, 6) is -0.384. The summed E-state index contributed by atoms with van der Waals surface area (Å²) in [4.78, 5) is 28.8. The van der Waals surface area contributed by atoms with Crippen LogP contribution in [0.3, 0.4) is 0 Å². The van der Waals surface area contributed by atoms with E-state index in [2.05, 4.69) is 12.2 Å².